The van der Waals surface area contributed by atoms with Gasteiger partial charge in [-0.1, -0.05) is 30.3 Å². The number of halogens is 3. The number of hydrogen-bond donors (Lipinski definition) is 2. The van der Waals surface area contributed by atoms with Gasteiger partial charge in [0.1, 0.15) is 0 Å². The fourth-order valence-electron chi connectivity index (χ4n) is 2.00. The largest absolute Gasteiger partial charge is 0.401 e. The van der Waals surface area contributed by atoms with Crippen LogP contribution in [0.5, 0.6) is 0 Å². The molecule has 3 nitrogen and oxygen atoms in total. The van der Waals surface area contributed by atoms with Crippen LogP contribution in [0.2, 0.25) is 0 Å². The van der Waals surface area contributed by atoms with E-state index >= 15 is 0 Å². The summed E-state index contributed by atoms with van der Waals surface area (Å²) in [6.07, 6.45) is -3.44. The Morgan fingerprint density at radius 2 is 1.95 bits per heavy atom. The van der Waals surface area contributed by atoms with Crippen LogP contribution in [0.15, 0.2) is 30.3 Å². The number of amides is 1. The summed E-state index contributed by atoms with van der Waals surface area (Å²) in [7, 11) is 0. The molecule has 0 heterocycles. The summed E-state index contributed by atoms with van der Waals surface area (Å²) < 4.78 is 35.6. The topological polar surface area (TPSA) is 41.1 Å². The van der Waals surface area contributed by atoms with E-state index in [4.69, 9.17) is 0 Å². The normalized spacial score (nSPS) is 22.1. The van der Waals surface area contributed by atoms with Crippen molar-refractivity contribution in [1.29, 1.82) is 0 Å². The van der Waals surface area contributed by atoms with Crippen molar-refractivity contribution in [3.8, 4) is 0 Å². The molecule has 1 aliphatic rings. The van der Waals surface area contributed by atoms with E-state index in [-0.39, 0.29) is 18.5 Å². The second-order valence-corrected chi connectivity index (χ2v) is 4.65. The van der Waals surface area contributed by atoms with E-state index in [2.05, 4.69) is 10.6 Å². The van der Waals surface area contributed by atoms with E-state index in [0.717, 1.165) is 12.0 Å². The quantitative estimate of drug-likeness (QED) is 0.858. The van der Waals surface area contributed by atoms with Crippen molar-refractivity contribution < 1.29 is 18.0 Å². The molecule has 1 aromatic rings. The van der Waals surface area contributed by atoms with Gasteiger partial charge in [0, 0.05) is 12.0 Å². The number of rotatable bonds is 5. The predicted octanol–water partition coefficient (Wildman–Crippen LogP) is 1.81. The highest BCUT2D eigenvalue weighted by Gasteiger charge is 2.39. The first kappa shape index (κ1) is 13.9. The Bertz CT molecular complexity index is 433. The molecule has 1 amide bonds. The predicted molar refractivity (Wildman–Crippen MR) is 64.7 cm³/mol. The molecule has 2 unspecified atom stereocenters. The Balaban J connectivity index is 1.68. The average Bonchev–Trinajstić information content (AvgIpc) is 3.07. The molecule has 0 saturated heterocycles. The standard InChI is InChI=1S/C13H15F3N2O/c14-13(15,16)8-17-7-12(19)18-11-6-10(11)9-4-2-1-3-5-9/h1-5,10-11,17H,6-8H2,(H,18,19). The van der Waals surface area contributed by atoms with Gasteiger partial charge in [-0.3, -0.25) is 4.79 Å². The Morgan fingerprint density at radius 3 is 2.58 bits per heavy atom. The molecule has 0 aliphatic heterocycles. The molecule has 19 heavy (non-hydrogen) atoms. The second-order valence-electron chi connectivity index (χ2n) is 4.65. The monoisotopic (exact) mass is 272 g/mol. The first-order chi connectivity index (χ1) is 8.96. The van der Waals surface area contributed by atoms with Crippen LogP contribution in [0.25, 0.3) is 0 Å². The van der Waals surface area contributed by atoms with Gasteiger partial charge >= 0.3 is 6.18 Å². The van der Waals surface area contributed by atoms with Crippen molar-refractivity contribution in [3.05, 3.63) is 35.9 Å². The van der Waals surface area contributed by atoms with Gasteiger partial charge in [-0.2, -0.15) is 13.2 Å². The lowest BCUT2D eigenvalue weighted by Crippen LogP contribution is -2.39. The molecule has 2 atom stereocenters. The number of hydrogen-bond acceptors (Lipinski definition) is 2. The van der Waals surface area contributed by atoms with Crippen LogP contribution in [0.1, 0.15) is 17.9 Å². The number of nitrogens with one attached hydrogen (secondary N) is 2. The van der Waals surface area contributed by atoms with Gasteiger partial charge in [0.25, 0.3) is 0 Å². The molecular formula is C13H15F3N2O. The van der Waals surface area contributed by atoms with Crippen LogP contribution in [0, 0.1) is 0 Å². The van der Waals surface area contributed by atoms with Crippen molar-refractivity contribution in [2.45, 2.75) is 24.6 Å². The molecular weight excluding hydrogens is 257 g/mol. The first-order valence-corrected chi connectivity index (χ1v) is 6.07. The number of alkyl halides is 3. The lowest BCUT2D eigenvalue weighted by Gasteiger charge is -2.08. The maximum atomic E-state index is 11.9. The Hall–Kier alpha value is -1.56. The summed E-state index contributed by atoms with van der Waals surface area (Å²) in [5.74, 6) is -0.111. The summed E-state index contributed by atoms with van der Waals surface area (Å²) in [6, 6.07) is 9.79. The molecule has 104 valence electrons. The molecule has 2 N–H and O–H groups in total. The zero-order chi connectivity index (χ0) is 13.9. The van der Waals surface area contributed by atoms with Crippen molar-refractivity contribution in [2.75, 3.05) is 13.1 Å². The van der Waals surface area contributed by atoms with E-state index in [1.807, 2.05) is 30.3 Å². The average molecular weight is 272 g/mol. The third-order valence-electron chi connectivity index (χ3n) is 2.98. The van der Waals surface area contributed by atoms with Crippen LogP contribution in [0.3, 0.4) is 0 Å². The zero-order valence-electron chi connectivity index (χ0n) is 10.2. The number of carbonyl (C=O) groups excluding carboxylic acids is 1. The molecule has 6 heteroatoms. The number of carbonyl (C=O) groups is 1. The van der Waals surface area contributed by atoms with Gasteiger partial charge in [0.15, 0.2) is 0 Å². The van der Waals surface area contributed by atoms with Gasteiger partial charge in [-0.05, 0) is 12.0 Å². The van der Waals surface area contributed by atoms with Crippen LogP contribution in [-0.2, 0) is 4.79 Å². The molecule has 1 aromatic carbocycles. The highest BCUT2D eigenvalue weighted by molar-refractivity contribution is 5.78. The van der Waals surface area contributed by atoms with Gasteiger partial charge < -0.3 is 10.6 Å². The molecule has 1 aliphatic carbocycles. The van der Waals surface area contributed by atoms with Gasteiger partial charge in [0.05, 0.1) is 13.1 Å². The van der Waals surface area contributed by atoms with Crippen LogP contribution >= 0.6 is 0 Å². The molecule has 1 saturated carbocycles. The number of benzene rings is 1. The van der Waals surface area contributed by atoms with Crippen LogP contribution in [0.4, 0.5) is 13.2 Å². The maximum absolute atomic E-state index is 11.9. The van der Waals surface area contributed by atoms with E-state index in [1.165, 1.54) is 0 Å². The van der Waals surface area contributed by atoms with Gasteiger partial charge in [-0.25, -0.2) is 0 Å². The highest BCUT2D eigenvalue weighted by Crippen LogP contribution is 2.40. The third-order valence-corrected chi connectivity index (χ3v) is 2.98. The van der Waals surface area contributed by atoms with Gasteiger partial charge in [-0.15, -0.1) is 0 Å². The van der Waals surface area contributed by atoms with Crippen LogP contribution < -0.4 is 10.6 Å². The summed E-state index contributed by atoms with van der Waals surface area (Å²) >= 11 is 0. The minimum atomic E-state index is -4.29. The van der Waals surface area contributed by atoms with E-state index in [9.17, 15) is 18.0 Å². The summed E-state index contributed by atoms with van der Waals surface area (Å²) in [5.41, 5.74) is 1.15. The smallest absolute Gasteiger partial charge is 0.352 e. The SMILES string of the molecule is O=C(CNCC(F)(F)F)NC1CC1c1ccccc1. The third kappa shape index (κ3) is 4.55. The fraction of sp³-hybridized carbons (Fsp3) is 0.462. The molecule has 2 rings (SSSR count). The highest BCUT2D eigenvalue weighted by atomic mass is 19.4. The molecule has 0 aromatic heterocycles. The van der Waals surface area contributed by atoms with Crippen LogP contribution in [-0.4, -0.2) is 31.2 Å². The Kier molecular flexibility index (Phi) is 4.09. The van der Waals surface area contributed by atoms with E-state index < -0.39 is 18.6 Å². The Morgan fingerprint density at radius 1 is 1.26 bits per heavy atom. The molecule has 0 bridgehead atoms. The van der Waals surface area contributed by atoms with E-state index in [0.29, 0.717) is 0 Å². The van der Waals surface area contributed by atoms with Crippen molar-refractivity contribution in [2.24, 2.45) is 0 Å². The maximum Gasteiger partial charge on any atom is 0.401 e. The summed E-state index contributed by atoms with van der Waals surface area (Å²) in [6.45, 7) is -1.45. The van der Waals surface area contributed by atoms with Crippen molar-refractivity contribution in [3.63, 3.8) is 0 Å². The fourth-order valence-corrected chi connectivity index (χ4v) is 2.00. The second kappa shape index (κ2) is 5.61. The first-order valence-electron chi connectivity index (χ1n) is 6.07. The lowest BCUT2D eigenvalue weighted by molar-refractivity contribution is -0.128. The van der Waals surface area contributed by atoms with Gasteiger partial charge in [0.2, 0.25) is 5.91 Å². The molecule has 1 fully saturated rings. The van der Waals surface area contributed by atoms with E-state index in [1.54, 1.807) is 0 Å². The van der Waals surface area contributed by atoms with Crippen molar-refractivity contribution in [1.82, 2.24) is 10.6 Å². The minimum Gasteiger partial charge on any atom is -0.352 e. The Labute approximate surface area is 109 Å². The lowest BCUT2D eigenvalue weighted by atomic mass is 10.1. The molecule has 0 spiro atoms. The minimum absolute atomic E-state index is 0.0441. The molecule has 0 radical (unpaired) electrons. The summed E-state index contributed by atoms with van der Waals surface area (Å²) in [5, 5.41) is 4.80. The summed E-state index contributed by atoms with van der Waals surface area (Å²) in [4.78, 5) is 11.4. The zero-order valence-corrected chi connectivity index (χ0v) is 10.2. The van der Waals surface area contributed by atoms with Crippen molar-refractivity contribution >= 4 is 5.91 Å².